The molecule has 1 aromatic heterocycles. The standard InChI is InChI=1S/C15H21N3O3S/c1-4-21-15-7-6-14(10-12(15)2)22(19,20)17-13(3)11-18-9-5-8-16-18/h5-10,13,17H,4,11H2,1-3H3/t13-/m1/s1. The molecule has 0 amide bonds. The van der Waals surface area contributed by atoms with Crippen LogP contribution in [0.25, 0.3) is 0 Å². The van der Waals surface area contributed by atoms with E-state index in [0.29, 0.717) is 18.9 Å². The Morgan fingerprint density at radius 3 is 2.77 bits per heavy atom. The number of sulfonamides is 1. The molecule has 7 heteroatoms. The van der Waals surface area contributed by atoms with Crippen molar-refractivity contribution < 1.29 is 13.2 Å². The van der Waals surface area contributed by atoms with Crippen LogP contribution in [0.4, 0.5) is 0 Å². The number of benzene rings is 1. The van der Waals surface area contributed by atoms with Crippen molar-refractivity contribution in [1.82, 2.24) is 14.5 Å². The molecular weight excluding hydrogens is 302 g/mol. The normalized spacial score (nSPS) is 13.0. The smallest absolute Gasteiger partial charge is 0.240 e. The SMILES string of the molecule is CCOc1ccc(S(=O)(=O)N[C@H](C)Cn2cccn2)cc1C. The zero-order chi connectivity index (χ0) is 16.2. The number of ether oxygens (including phenoxy) is 1. The number of aromatic nitrogens is 2. The monoisotopic (exact) mass is 323 g/mol. The molecule has 0 bridgehead atoms. The summed E-state index contributed by atoms with van der Waals surface area (Å²) >= 11 is 0. The lowest BCUT2D eigenvalue weighted by Gasteiger charge is -2.15. The predicted octanol–water partition coefficient (Wildman–Crippen LogP) is 1.96. The maximum atomic E-state index is 12.4. The molecule has 2 rings (SSSR count). The van der Waals surface area contributed by atoms with Crippen LogP contribution >= 0.6 is 0 Å². The minimum atomic E-state index is -3.56. The highest BCUT2D eigenvalue weighted by atomic mass is 32.2. The van der Waals surface area contributed by atoms with E-state index in [2.05, 4.69) is 9.82 Å². The second-order valence-electron chi connectivity index (χ2n) is 5.11. The van der Waals surface area contributed by atoms with Crippen molar-refractivity contribution in [2.45, 2.75) is 38.3 Å². The number of hydrogen-bond donors (Lipinski definition) is 1. The average Bonchev–Trinajstić information content (AvgIpc) is 2.93. The van der Waals surface area contributed by atoms with Crippen molar-refractivity contribution in [3.8, 4) is 5.75 Å². The van der Waals surface area contributed by atoms with Gasteiger partial charge in [-0.05, 0) is 50.6 Å². The zero-order valence-electron chi connectivity index (χ0n) is 13.0. The van der Waals surface area contributed by atoms with Gasteiger partial charge in [-0.1, -0.05) is 0 Å². The fourth-order valence-electron chi connectivity index (χ4n) is 2.17. The summed E-state index contributed by atoms with van der Waals surface area (Å²) in [6, 6.07) is 6.40. The summed E-state index contributed by atoms with van der Waals surface area (Å²) in [6.45, 7) is 6.55. The number of rotatable bonds is 7. The molecule has 1 aromatic carbocycles. The van der Waals surface area contributed by atoms with Crippen molar-refractivity contribution in [2.24, 2.45) is 0 Å². The van der Waals surface area contributed by atoms with Crippen LogP contribution in [0.3, 0.4) is 0 Å². The highest BCUT2D eigenvalue weighted by Crippen LogP contribution is 2.21. The van der Waals surface area contributed by atoms with E-state index < -0.39 is 10.0 Å². The van der Waals surface area contributed by atoms with Crippen molar-refractivity contribution in [3.63, 3.8) is 0 Å². The molecule has 2 aromatic rings. The Balaban J connectivity index is 2.11. The molecule has 120 valence electrons. The van der Waals surface area contributed by atoms with E-state index in [4.69, 9.17) is 4.74 Å². The highest BCUT2D eigenvalue weighted by Gasteiger charge is 2.18. The Hall–Kier alpha value is -1.86. The van der Waals surface area contributed by atoms with Crippen molar-refractivity contribution >= 4 is 10.0 Å². The lowest BCUT2D eigenvalue weighted by Crippen LogP contribution is -2.35. The van der Waals surface area contributed by atoms with Crippen LogP contribution in [0.2, 0.25) is 0 Å². The second-order valence-corrected chi connectivity index (χ2v) is 6.82. The lowest BCUT2D eigenvalue weighted by molar-refractivity contribution is 0.337. The first kappa shape index (κ1) is 16.5. The molecule has 0 fully saturated rings. The Bertz CT molecular complexity index is 712. The average molecular weight is 323 g/mol. The lowest BCUT2D eigenvalue weighted by atomic mass is 10.2. The molecular formula is C15H21N3O3S. The Morgan fingerprint density at radius 1 is 1.41 bits per heavy atom. The quantitative estimate of drug-likeness (QED) is 0.845. The third-order valence-electron chi connectivity index (χ3n) is 3.13. The molecule has 0 aliphatic rings. The van der Waals surface area contributed by atoms with Crippen LogP contribution in [0.5, 0.6) is 5.75 Å². The van der Waals surface area contributed by atoms with Crippen LogP contribution < -0.4 is 9.46 Å². The molecule has 0 aliphatic carbocycles. The first-order valence-corrected chi connectivity index (χ1v) is 8.64. The summed E-state index contributed by atoms with van der Waals surface area (Å²) in [6.07, 6.45) is 3.46. The number of aryl methyl sites for hydroxylation is 1. The summed E-state index contributed by atoms with van der Waals surface area (Å²) in [5.74, 6) is 0.700. The summed E-state index contributed by atoms with van der Waals surface area (Å²) < 4.78 is 34.6. The molecule has 1 N–H and O–H groups in total. The van der Waals surface area contributed by atoms with Gasteiger partial charge in [0.25, 0.3) is 0 Å². The fraction of sp³-hybridized carbons (Fsp3) is 0.400. The molecule has 0 saturated carbocycles. The van der Waals surface area contributed by atoms with E-state index in [9.17, 15) is 8.42 Å². The topological polar surface area (TPSA) is 73.2 Å². The van der Waals surface area contributed by atoms with Crippen LogP contribution in [0.1, 0.15) is 19.4 Å². The summed E-state index contributed by atoms with van der Waals surface area (Å²) in [4.78, 5) is 0.237. The van der Waals surface area contributed by atoms with Crippen LogP contribution in [-0.2, 0) is 16.6 Å². The van der Waals surface area contributed by atoms with E-state index in [1.165, 1.54) is 0 Å². The third-order valence-corrected chi connectivity index (χ3v) is 4.72. The summed E-state index contributed by atoms with van der Waals surface area (Å²) in [7, 11) is -3.56. The summed E-state index contributed by atoms with van der Waals surface area (Å²) in [5.41, 5.74) is 0.796. The molecule has 0 spiro atoms. The van der Waals surface area contributed by atoms with Gasteiger partial charge in [-0.25, -0.2) is 13.1 Å². The fourth-order valence-corrected chi connectivity index (χ4v) is 3.49. The zero-order valence-corrected chi connectivity index (χ0v) is 13.8. The molecule has 0 radical (unpaired) electrons. The van der Waals surface area contributed by atoms with Gasteiger partial charge in [0.05, 0.1) is 18.0 Å². The van der Waals surface area contributed by atoms with E-state index in [1.54, 1.807) is 48.3 Å². The first-order chi connectivity index (χ1) is 10.4. The first-order valence-electron chi connectivity index (χ1n) is 7.15. The molecule has 0 saturated heterocycles. The molecule has 1 heterocycles. The van der Waals surface area contributed by atoms with Gasteiger partial charge in [-0.15, -0.1) is 0 Å². The molecule has 0 aliphatic heterocycles. The Labute approximate surface area is 131 Å². The predicted molar refractivity (Wildman–Crippen MR) is 84.4 cm³/mol. The van der Waals surface area contributed by atoms with Gasteiger partial charge in [-0.3, -0.25) is 4.68 Å². The maximum absolute atomic E-state index is 12.4. The number of hydrogen-bond acceptors (Lipinski definition) is 4. The minimum absolute atomic E-state index is 0.237. The van der Waals surface area contributed by atoms with Gasteiger partial charge in [0, 0.05) is 18.4 Å². The maximum Gasteiger partial charge on any atom is 0.240 e. The molecule has 0 unspecified atom stereocenters. The largest absolute Gasteiger partial charge is 0.494 e. The van der Waals surface area contributed by atoms with Gasteiger partial charge in [0.1, 0.15) is 5.75 Å². The van der Waals surface area contributed by atoms with Gasteiger partial charge >= 0.3 is 0 Å². The van der Waals surface area contributed by atoms with Gasteiger partial charge in [0.15, 0.2) is 0 Å². The second kappa shape index (κ2) is 6.93. The third kappa shape index (κ3) is 4.08. The van der Waals surface area contributed by atoms with Crippen molar-refractivity contribution in [1.29, 1.82) is 0 Å². The highest BCUT2D eigenvalue weighted by molar-refractivity contribution is 7.89. The Kier molecular flexibility index (Phi) is 5.20. The number of nitrogens with zero attached hydrogens (tertiary/aromatic N) is 2. The van der Waals surface area contributed by atoms with E-state index >= 15 is 0 Å². The molecule has 22 heavy (non-hydrogen) atoms. The molecule has 6 nitrogen and oxygen atoms in total. The van der Waals surface area contributed by atoms with Crippen LogP contribution in [0.15, 0.2) is 41.6 Å². The van der Waals surface area contributed by atoms with E-state index in [0.717, 1.165) is 5.56 Å². The number of nitrogens with one attached hydrogen (secondary N) is 1. The van der Waals surface area contributed by atoms with Gasteiger partial charge < -0.3 is 4.74 Å². The van der Waals surface area contributed by atoms with Crippen molar-refractivity contribution in [2.75, 3.05) is 6.61 Å². The van der Waals surface area contributed by atoms with E-state index in [-0.39, 0.29) is 10.9 Å². The van der Waals surface area contributed by atoms with E-state index in [1.807, 2.05) is 13.8 Å². The van der Waals surface area contributed by atoms with Crippen LogP contribution in [0, 0.1) is 6.92 Å². The van der Waals surface area contributed by atoms with Crippen molar-refractivity contribution in [3.05, 3.63) is 42.2 Å². The Morgan fingerprint density at radius 2 is 2.18 bits per heavy atom. The van der Waals surface area contributed by atoms with Crippen LogP contribution in [-0.4, -0.2) is 30.8 Å². The summed E-state index contributed by atoms with van der Waals surface area (Å²) in [5, 5.41) is 4.07. The van der Waals surface area contributed by atoms with Gasteiger partial charge in [-0.2, -0.15) is 5.10 Å². The van der Waals surface area contributed by atoms with Gasteiger partial charge in [0.2, 0.25) is 10.0 Å². The molecule has 1 atom stereocenters. The minimum Gasteiger partial charge on any atom is -0.494 e.